The Labute approximate surface area is 121 Å². The summed E-state index contributed by atoms with van der Waals surface area (Å²) < 4.78 is 0. The Morgan fingerprint density at radius 3 is 2.86 bits per heavy atom. The third-order valence-electron chi connectivity index (χ3n) is 3.38. The summed E-state index contributed by atoms with van der Waals surface area (Å²) in [5, 5.41) is 20.3. The van der Waals surface area contributed by atoms with E-state index in [9.17, 15) is 9.90 Å². The number of anilines is 1. The predicted molar refractivity (Wildman–Crippen MR) is 81.1 cm³/mol. The van der Waals surface area contributed by atoms with Crippen LogP contribution in [0.2, 0.25) is 0 Å². The van der Waals surface area contributed by atoms with Crippen LogP contribution in [0.1, 0.15) is 28.9 Å². The van der Waals surface area contributed by atoms with Gasteiger partial charge in [-0.05, 0) is 19.1 Å². The highest BCUT2D eigenvalue weighted by Gasteiger charge is 2.14. The van der Waals surface area contributed by atoms with Gasteiger partial charge in [0.25, 0.3) is 5.91 Å². The number of amides is 1. The fourth-order valence-corrected chi connectivity index (χ4v) is 2.32. The first-order chi connectivity index (χ1) is 10.2. The smallest absolute Gasteiger partial charge is 0.257 e. The van der Waals surface area contributed by atoms with Crippen molar-refractivity contribution in [2.45, 2.75) is 13.0 Å². The molecule has 3 N–H and O–H groups in total. The zero-order valence-corrected chi connectivity index (χ0v) is 11.5. The van der Waals surface area contributed by atoms with Crippen LogP contribution in [0.3, 0.4) is 0 Å². The average Bonchev–Trinajstić information content (AvgIpc) is 2.95. The zero-order valence-electron chi connectivity index (χ0n) is 11.5. The molecule has 21 heavy (non-hydrogen) atoms. The highest BCUT2D eigenvalue weighted by atomic mass is 16.3. The highest BCUT2D eigenvalue weighted by Crippen LogP contribution is 2.24. The molecule has 2 aromatic carbocycles. The Kier molecular flexibility index (Phi) is 3.41. The van der Waals surface area contributed by atoms with Gasteiger partial charge in [0.2, 0.25) is 0 Å². The molecule has 0 aliphatic carbocycles. The molecule has 1 amide bonds. The molecular weight excluding hydrogens is 266 g/mol. The van der Waals surface area contributed by atoms with Crippen molar-refractivity contribution < 1.29 is 9.90 Å². The van der Waals surface area contributed by atoms with E-state index in [1.807, 2.05) is 24.3 Å². The van der Waals surface area contributed by atoms with Crippen molar-refractivity contribution in [2.24, 2.45) is 0 Å². The van der Waals surface area contributed by atoms with Gasteiger partial charge in [-0.1, -0.05) is 30.3 Å². The quantitative estimate of drug-likeness (QED) is 0.690. The van der Waals surface area contributed by atoms with E-state index in [1.165, 1.54) is 0 Å². The largest absolute Gasteiger partial charge is 0.389 e. The second kappa shape index (κ2) is 5.38. The number of H-pyrrole nitrogens is 1. The van der Waals surface area contributed by atoms with Crippen LogP contribution in [0.25, 0.3) is 10.9 Å². The molecule has 1 unspecified atom stereocenters. The van der Waals surface area contributed by atoms with Gasteiger partial charge in [-0.25, -0.2) is 0 Å². The van der Waals surface area contributed by atoms with Gasteiger partial charge in [-0.3, -0.25) is 9.89 Å². The first kappa shape index (κ1) is 13.3. The summed E-state index contributed by atoms with van der Waals surface area (Å²) in [4.78, 5) is 12.5. The number of benzene rings is 2. The second-order valence-electron chi connectivity index (χ2n) is 4.86. The van der Waals surface area contributed by atoms with Crippen LogP contribution in [0.15, 0.2) is 48.7 Å². The normalized spacial score (nSPS) is 12.3. The molecule has 0 aliphatic heterocycles. The van der Waals surface area contributed by atoms with E-state index in [1.54, 1.807) is 31.3 Å². The van der Waals surface area contributed by atoms with Crippen molar-refractivity contribution in [3.8, 4) is 0 Å². The standard InChI is InChI=1S/C16H15N3O2/c1-10(20)12-6-2-3-8-14(12)18-16(21)13-7-4-5-11-9-17-19-15(11)13/h2-10,20H,1H3,(H,17,19)(H,18,21). The highest BCUT2D eigenvalue weighted by molar-refractivity contribution is 6.12. The Balaban J connectivity index is 1.96. The van der Waals surface area contributed by atoms with E-state index in [0.29, 0.717) is 22.3 Å². The molecule has 106 valence electrons. The van der Waals surface area contributed by atoms with Crippen molar-refractivity contribution >= 4 is 22.5 Å². The minimum atomic E-state index is -0.649. The van der Waals surface area contributed by atoms with Gasteiger partial charge >= 0.3 is 0 Å². The van der Waals surface area contributed by atoms with Crippen LogP contribution >= 0.6 is 0 Å². The number of rotatable bonds is 3. The van der Waals surface area contributed by atoms with E-state index in [-0.39, 0.29) is 5.91 Å². The number of fused-ring (bicyclic) bond motifs is 1. The van der Waals surface area contributed by atoms with Crippen LogP contribution in [0, 0.1) is 0 Å². The molecule has 0 radical (unpaired) electrons. The third kappa shape index (κ3) is 2.51. The average molecular weight is 281 g/mol. The molecule has 0 bridgehead atoms. The maximum absolute atomic E-state index is 12.5. The van der Waals surface area contributed by atoms with Crippen LogP contribution in [-0.4, -0.2) is 21.2 Å². The zero-order chi connectivity index (χ0) is 14.8. The first-order valence-electron chi connectivity index (χ1n) is 6.67. The van der Waals surface area contributed by atoms with Crippen molar-refractivity contribution in [3.63, 3.8) is 0 Å². The molecule has 3 aromatic rings. The number of hydrogen-bond acceptors (Lipinski definition) is 3. The number of aliphatic hydroxyl groups is 1. The van der Waals surface area contributed by atoms with Crippen molar-refractivity contribution in [1.82, 2.24) is 10.2 Å². The third-order valence-corrected chi connectivity index (χ3v) is 3.38. The Bertz CT molecular complexity index is 793. The Morgan fingerprint density at radius 1 is 1.24 bits per heavy atom. The monoisotopic (exact) mass is 281 g/mol. The molecule has 1 atom stereocenters. The summed E-state index contributed by atoms with van der Waals surface area (Å²) in [6.07, 6.45) is 1.03. The summed E-state index contributed by atoms with van der Waals surface area (Å²) >= 11 is 0. The summed E-state index contributed by atoms with van der Waals surface area (Å²) in [6.45, 7) is 1.67. The van der Waals surface area contributed by atoms with Crippen molar-refractivity contribution in [1.29, 1.82) is 0 Å². The number of carbonyl (C=O) groups is 1. The molecule has 0 saturated heterocycles. The number of nitrogens with one attached hydrogen (secondary N) is 2. The summed E-state index contributed by atoms with van der Waals surface area (Å²) in [5.41, 5.74) is 2.51. The fourth-order valence-electron chi connectivity index (χ4n) is 2.32. The minimum Gasteiger partial charge on any atom is -0.389 e. The lowest BCUT2D eigenvalue weighted by atomic mass is 10.1. The van der Waals surface area contributed by atoms with E-state index in [0.717, 1.165) is 5.39 Å². The molecule has 5 nitrogen and oxygen atoms in total. The molecule has 0 fully saturated rings. The number of hydrogen-bond donors (Lipinski definition) is 3. The summed E-state index contributed by atoms with van der Waals surface area (Å²) in [7, 11) is 0. The van der Waals surface area contributed by atoms with Crippen LogP contribution in [-0.2, 0) is 0 Å². The molecule has 3 rings (SSSR count). The molecule has 0 saturated carbocycles. The number of aromatic amines is 1. The van der Waals surface area contributed by atoms with E-state index >= 15 is 0 Å². The first-order valence-corrected chi connectivity index (χ1v) is 6.67. The van der Waals surface area contributed by atoms with Crippen molar-refractivity contribution in [2.75, 3.05) is 5.32 Å². The lowest BCUT2D eigenvalue weighted by molar-refractivity contribution is 0.102. The molecule has 0 spiro atoms. The predicted octanol–water partition coefficient (Wildman–Crippen LogP) is 2.87. The van der Waals surface area contributed by atoms with Gasteiger partial charge in [-0.2, -0.15) is 5.10 Å². The van der Waals surface area contributed by atoms with Gasteiger partial charge in [-0.15, -0.1) is 0 Å². The fraction of sp³-hybridized carbons (Fsp3) is 0.125. The number of aromatic nitrogens is 2. The maximum Gasteiger partial charge on any atom is 0.257 e. The Hall–Kier alpha value is -2.66. The second-order valence-corrected chi connectivity index (χ2v) is 4.86. The number of nitrogens with zero attached hydrogens (tertiary/aromatic N) is 1. The SMILES string of the molecule is CC(O)c1ccccc1NC(=O)c1cccc2cn[nH]c12. The molecule has 5 heteroatoms. The van der Waals surface area contributed by atoms with Gasteiger partial charge < -0.3 is 10.4 Å². The lowest BCUT2D eigenvalue weighted by Gasteiger charge is -2.13. The topological polar surface area (TPSA) is 78.0 Å². The van der Waals surface area contributed by atoms with Crippen LogP contribution in [0.4, 0.5) is 5.69 Å². The number of para-hydroxylation sites is 2. The number of carbonyl (C=O) groups excluding carboxylic acids is 1. The van der Waals surface area contributed by atoms with Gasteiger partial charge in [0.1, 0.15) is 0 Å². The molecule has 1 heterocycles. The van der Waals surface area contributed by atoms with Crippen molar-refractivity contribution in [3.05, 3.63) is 59.8 Å². The molecular formula is C16H15N3O2. The Morgan fingerprint density at radius 2 is 2.05 bits per heavy atom. The maximum atomic E-state index is 12.5. The molecule has 1 aromatic heterocycles. The lowest BCUT2D eigenvalue weighted by Crippen LogP contribution is -2.14. The van der Waals surface area contributed by atoms with Gasteiger partial charge in [0.15, 0.2) is 0 Å². The number of aliphatic hydroxyl groups excluding tert-OH is 1. The van der Waals surface area contributed by atoms with E-state index < -0.39 is 6.10 Å². The minimum absolute atomic E-state index is 0.238. The van der Waals surface area contributed by atoms with Gasteiger partial charge in [0.05, 0.1) is 23.4 Å². The molecule has 0 aliphatic rings. The van der Waals surface area contributed by atoms with E-state index in [4.69, 9.17) is 0 Å². The van der Waals surface area contributed by atoms with Gasteiger partial charge in [0, 0.05) is 16.6 Å². The summed E-state index contributed by atoms with van der Waals surface area (Å²) in [5.74, 6) is -0.238. The summed E-state index contributed by atoms with van der Waals surface area (Å²) in [6, 6.07) is 12.6. The van der Waals surface area contributed by atoms with E-state index in [2.05, 4.69) is 15.5 Å². The van der Waals surface area contributed by atoms with Crippen LogP contribution < -0.4 is 5.32 Å². The van der Waals surface area contributed by atoms with Crippen LogP contribution in [0.5, 0.6) is 0 Å².